The topological polar surface area (TPSA) is 4.93 Å². The van der Waals surface area contributed by atoms with Gasteiger partial charge in [0.1, 0.15) is 0 Å². The third kappa shape index (κ3) is 4.00. The number of aromatic nitrogens is 1. The monoisotopic (exact) mass is 651 g/mol. The molecule has 2 heteroatoms. The summed E-state index contributed by atoms with van der Waals surface area (Å²) in [5.41, 5.74) is 8.55. The van der Waals surface area contributed by atoms with Crippen LogP contribution in [0.5, 0.6) is 0 Å². The van der Waals surface area contributed by atoms with Gasteiger partial charge in [-0.1, -0.05) is 140 Å². The molecule has 50 heavy (non-hydrogen) atoms. The van der Waals surface area contributed by atoms with Gasteiger partial charge in [-0.15, -0.1) is 11.3 Å². The van der Waals surface area contributed by atoms with E-state index in [1.165, 1.54) is 96.5 Å². The molecule has 0 saturated heterocycles. The van der Waals surface area contributed by atoms with Crippen molar-refractivity contribution in [2.45, 2.75) is 0 Å². The van der Waals surface area contributed by atoms with Gasteiger partial charge in [0, 0.05) is 36.6 Å². The van der Waals surface area contributed by atoms with E-state index < -0.39 is 0 Å². The predicted octanol–water partition coefficient (Wildman–Crippen LogP) is 13.9. The van der Waals surface area contributed by atoms with Gasteiger partial charge in [-0.3, -0.25) is 0 Å². The molecule has 232 valence electrons. The minimum absolute atomic E-state index is 1.16. The van der Waals surface area contributed by atoms with Crippen molar-refractivity contribution < 1.29 is 0 Å². The highest BCUT2D eigenvalue weighted by Gasteiger charge is 2.16. The molecule has 2 aromatic heterocycles. The number of hydrogen-bond donors (Lipinski definition) is 0. The highest BCUT2D eigenvalue weighted by molar-refractivity contribution is 7.26. The van der Waals surface area contributed by atoms with Crippen LogP contribution in [0.1, 0.15) is 0 Å². The zero-order valence-corrected chi connectivity index (χ0v) is 27.9. The predicted molar refractivity (Wildman–Crippen MR) is 217 cm³/mol. The molecule has 0 aliphatic rings. The summed E-state index contributed by atoms with van der Waals surface area (Å²) in [6, 6.07) is 65.0. The molecular weight excluding hydrogens is 623 g/mol. The van der Waals surface area contributed by atoms with Crippen molar-refractivity contribution in [3.05, 3.63) is 176 Å². The molecule has 9 aromatic carbocycles. The van der Waals surface area contributed by atoms with Crippen molar-refractivity contribution in [1.29, 1.82) is 0 Å². The molecule has 11 rings (SSSR count). The number of hydrogen-bond acceptors (Lipinski definition) is 1. The Hall–Kier alpha value is -6.22. The minimum Gasteiger partial charge on any atom is -0.309 e. The van der Waals surface area contributed by atoms with Gasteiger partial charge in [-0.25, -0.2) is 0 Å². The molecule has 1 nitrogen and oxygen atoms in total. The quantitative estimate of drug-likeness (QED) is 0.168. The zero-order valence-electron chi connectivity index (χ0n) is 27.1. The summed E-state index contributed by atoms with van der Waals surface area (Å²) >= 11 is 1.89. The van der Waals surface area contributed by atoms with Gasteiger partial charge in [0.25, 0.3) is 0 Å². The summed E-state index contributed by atoms with van der Waals surface area (Å²) in [6.45, 7) is 0. The van der Waals surface area contributed by atoms with Gasteiger partial charge >= 0.3 is 0 Å². The molecule has 0 amide bonds. The third-order valence-electron chi connectivity index (χ3n) is 10.6. The maximum atomic E-state index is 2.45. The lowest BCUT2D eigenvalue weighted by Crippen LogP contribution is -1.94. The van der Waals surface area contributed by atoms with Crippen LogP contribution in [0, 0.1) is 0 Å². The molecule has 0 atom stereocenters. The van der Waals surface area contributed by atoms with Gasteiger partial charge in [0.05, 0.1) is 11.0 Å². The van der Waals surface area contributed by atoms with E-state index >= 15 is 0 Å². The Morgan fingerprint density at radius 2 is 0.880 bits per heavy atom. The van der Waals surface area contributed by atoms with Crippen LogP contribution in [0.2, 0.25) is 0 Å². The van der Waals surface area contributed by atoms with Gasteiger partial charge in [0.2, 0.25) is 0 Å². The summed E-state index contributed by atoms with van der Waals surface area (Å²) in [5, 5.41) is 13.0. The highest BCUT2D eigenvalue weighted by atomic mass is 32.1. The van der Waals surface area contributed by atoms with Gasteiger partial charge in [0.15, 0.2) is 0 Å². The smallest absolute Gasteiger partial charge is 0.0547 e. The molecule has 0 N–H and O–H groups in total. The second-order valence-electron chi connectivity index (χ2n) is 13.3. The van der Waals surface area contributed by atoms with E-state index in [-0.39, 0.29) is 0 Å². The Balaban J connectivity index is 1.12. The molecule has 2 heterocycles. The Kier molecular flexibility index (Phi) is 5.89. The lowest BCUT2D eigenvalue weighted by atomic mass is 9.92. The van der Waals surface area contributed by atoms with Crippen LogP contribution < -0.4 is 0 Å². The fourth-order valence-electron chi connectivity index (χ4n) is 8.30. The van der Waals surface area contributed by atoms with Crippen molar-refractivity contribution in [3.63, 3.8) is 0 Å². The van der Waals surface area contributed by atoms with Crippen LogP contribution in [0.25, 0.3) is 102 Å². The highest BCUT2D eigenvalue weighted by Crippen LogP contribution is 2.42. The number of nitrogens with zero attached hydrogens (tertiary/aromatic N) is 1. The Labute approximate surface area is 292 Å². The van der Waals surface area contributed by atoms with Crippen LogP contribution in [-0.4, -0.2) is 4.57 Å². The van der Waals surface area contributed by atoms with Crippen molar-refractivity contribution in [1.82, 2.24) is 4.57 Å². The molecule has 0 saturated carbocycles. The number of rotatable bonds is 3. The van der Waals surface area contributed by atoms with Crippen molar-refractivity contribution in [3.8, 4) is 27.9 Å². The molecule has 0 aliphatic carbocycles. The van der Waals surface area contributed by atoms with Gasteiger partial charge in [-0.2, -0.15) is 0 Å². The average molecular weight is 652 g/mol. The summed E-state index contributed by atoms with van der Waals surface area (Å²) in [4.78, 5) is 0. The second kappa shape index (κ2) is 10.6. The van der Waals surface area contributed by atoms with Crippen LogP contribution in [0.4, 0.5) is 0 Å². The Morgan fingerprint density at radius 1 is 0.320 bits per heavy atom. The molecule has 0 spiro atoms. The van der Waals surface area contributed by atoms with E-state index in [1.807, 2.05) is 11.3 Å². The first-order valence-corrected chi connectivity index (χ1v) is 18.0. The third-order valence-corrected chi connectivity index (χ3v) is 11.8. The first kappa shape index (κ1) is 27.7. The fraction of sp³-hybridized carbons (Fsp3) is 0. The zero-order chi connectivity index (χ0) is 32.8. The molecule has 0 aliphatic heterocycles. The largest absolute Gasteiger partial charge is 0.309 e. The molecule has 0 unspecified atom stereocenters. The average Bonchev–Trinajstić information content (AvgIpc) is 3.73. The summed E-state index contributed by atoms with van der Waals surface area (Å²) in [6.07, 6.45) is 0. The SMILES string of the molecule is c1cc(-c2ccc3c4ccccc4c4ccccc4c3c2)cc(-n2c3ccccc3c3ccc(-c4cccc5c4sc4ccccc45)cc32)c1. The molecule has 0 bridgehead atoms. The number of benzene rings is 9. The maximum Gasteiger partial charge on any atom is 0.0547 e. The number of thiophene rings is 1. The molecule has 0 fully saturated rings. The van der Waals surface area contributed by atoms with E-state index in [1.54, 1.807) is 0 Å². The lowest BCUT2D eigenvalue weighted by molar-refractivity contribution is 1.18. The second-order valence-corrected chi connectivity index (χ2v) is 14.3. The molecule has 0 radical (unpaired) electrons. The lowest BCUT2D eigenvalue weighted by Gasteiger charge is -2.13. The number of fused-ring (bicyclic) bond motifs is 12. The van der Waals surface area contributed by atoms with Gasteiger partial charge in [-0.05, 0) is 91.0 Å². The van der Waals surface area contributed by atoms with E-state index in [0.29, 0.717) is 0 Å². The minimum atomic E-state index is 1.16. The first-order valence-electron chi connectivity index (χ1n) is 17.2. The van der Waals surface area contributed by atoms with Crippen molar-refractivity contribution in [2.24, 2.45) is 0 Å². The fourth-order valence-corrected chi connectivity index (χ4v) is 9.54. The van der Waals surface area contributed by atoms with E-state index in [9.17, 15) is 0 Å². The summed E-state index contributed by atoms with van der Waals surface area (Å²) in [7, 11) is 0. The van der Waals surface area contributed by atoms with Crippen molar-refractivity contribution >= 4 is 85.6 Å². The number of para-hydroxylation sites is 1. The standard InChI is InChI=1S/C48H29NS/c1-2-15-37-35(13-1)36-14-3-4-16-38(36)44-28-31(23-25-39(37)44)30-11-9-12-33(27-30)49-45-21-7-5-17-40(45)41-26-24-32(29-46(41)49)34-19-10-20-43-42-18-6-8-22-47(42)50-48(34)43/h1-29H. The van der Waals surface area contributed by atoms with Crippen LogP contribution in [0.15, 0.2) is 176 Å². The molecular formula is C48H29NS. The Bertz CT molecular complexity index is 3120. The normalized spacial score (nSPS) is 12.0. The van der Waals surface area contributed by atoms with Crippen LogP contribution in [0.3, 0.4) is 0 Å². The van der Waals surface area contributed by atoms with Crippen molar-refractivity contribution in [2.75, 3.05) is 0 Å². The van der Waals surface area contributed by atoms with Crippen LogP contribution >= 0.6 is 11.3 Å². The first-order chi connectivity index (χ1) is 24.8. The van der Waals surface area contributed by atoms with E-state index in [0.717, 1.165) is 5.69 Å². The van der Waals surface area contributed by atoms with Crippen LogP contribution in [-0.2, 0) is 0 Å². The summed E-state index contributed by atoms with van der Waals surface area (Å²) in [5.74, 6) is 0. The maximum absolute atomic E-state index is 2.45. The van der Waals surface area contributed by atoms with E-state index in [4.69, 9.17) is 0 Å². The van der Waals surface area contributed by atoms with Gasteiger partial charge < -0.3 is 4.57 Å². The summed E-state index contributed by atoms with van der Waals surface area (Å²) < 4.78 is 5.12. The Morgan fingerprint density at radius 3 is 1.68 bits per heavy atom. The van der Waals surface area contributed by atoms with E-state index in [2.05, 4.69) is 180 Å². The molecule has 11 aromatic rings.